The smallest absolute Gasteiger partial charge is 0.163 e. The lowest BCUT2D eigenvalue weighted by molar-refractivity contribution is 0.144. The summed E-state index contributed by atoms with van der Waals surface area (Å²) < 4.78 is 30.8. The van der Waals surface area contributed by atoms with Crippen molar-refractivity contribution in [1.82, 2.24) is 9.97 Å². The second-order valence-electron chi connectivity index (χ2n) is 5.33. The largest absolute Gasteiger partial charge is 0.493 e. The summed E-state index contributed by atoms with van der Waals surface area (Å²) in [5.74, 6) is 1.16. The summed E-state index contributed by atoms with van der Waals surface area (Å²) in [5.41, 5.74) is 0.959. The summed E-state index contributed by atoms with van der Waals surface area (Å²) >= 11 is 3.24. The van der Waals surface area contributed by atoms with Gasteiger partial charge in [-0.1, -0.05) is 15.9 Å². The second kappa shape index (κ2) is 8.29. The van der Waals surface area contributed by atoms with Crippen LogP contribution in [0.4, 0.5) is 15.9 Å². The third-order valence-corrected chi connectivity index (χ3v) is 4.14. The van der Waals surface area contributed by atoms with Crippen molar-refractivity contribution in [2.24, 2.45) is 0 Å². The van der Waals surface area contributed by atoms with E-state index in [1.165, 1.54) is 12.4 Å². The van der Waals surface area contributed by atoms with Gasteiger partial charge in [-0.25, -0.2) is 14.4 Å². The Morgan fingerprint density at radius 2 is 1.92 bits per heavy atom. The maximum absolute atomic E-state index is 14.1. The molecule has 0 spiro atoms. The van der Waals surface area contributed by atoms with E-state index in [-0.39, 0.29) is 0 Å². The molecule has 2 aromatic carbocycles. The summed E-state index contributed by atoms with van der Waals surface area (Å²) in [7, 11) is 3.16. The standard InChI is InChI=1S/C18H17BrFN3O3/c1-24-5-6-26-17-9-15-12(8-16(17)25-2)18(22-10-21-15)23-14-4-3-11(19)7-13(14)20/h3-4,7-10H,5-6H2,1-2H3,(H,21,22,23). The first-order valence-corrected chi connectivity index (χ1v) is 8.58. The Morgan fingerprint density at radius 3 is 2.65 bits per heavy atom. The van der Waals surface area contributed by atoms with E-state index in [9.17, 15) is 4.39 Å². The van der Waals surface area contributed by atoms with Gasteiger partial charge in [0.1, 0.15) is 24.6 Å². The van der Waals surface area contributed by atoms with E-state index < -0.39 is 5.82 Å². The van der Waals surface area contributed by atoms with Crippen LogP contribution in [0.1, 0.15) is 0 Å². The van der Waals surface area contributed by atoms with E-state index >= 15 is 0 Å². The number of rotatable bonds is 7. The number of hydrogen-bond donors (Lipinski definition) is 1. The number of anilines is 2. The monoisotopic (exact) mass is 421 g/mol. The summed E-state index contributed by atoms with van der Waals surface area (Å²) in [4.78, 5) is 8.49. The van der Waals surface area contributed by atoms with Crippen molar-refractivity contribution < 1.29 is 18.6 Å². The number of ether oxygens (including phenoxy) is 3. The third kappa shape index (κ3) is 4.03. The Balaban J connectivity index is 1.98. The lowest BCUT2D eigenvalue weighted by Crippen LogP contribution is -2.05. The zero-order chi connectivity index (χ0) is 18.5. The van der Waals surface area contributed by atoms with Crippen molar-refractivity contribution in [1.29, 1.82) is 0 Å². The number of halogens is 2. The molecule has 6 nitrogen and oxygen atoms in total. The number of fused-ring (bicyclic) bond motifs is 1. The predicted molar refractivity (Wildman–Crippen MR) is 101 cm³/mol. The molecule has 26 heavy (non-hydrogen) atoms. The maximum Gasteiger partial charge on any atom is 0.163 e. The number of aromatic nitrogens is 2. The fourth-order valence-corrected chi connectivity index (χ4v) is 2.72. The zero-order valence-electron chi connectivity index (χ0n) is 14.3. The topological polar surface area (TPSA) is 65.5 Å². The van der Waals surface area contributed by atoms with Gasteiger partial charge in [0, 0.05) is 23.0 Å². The van der Waals surface area contributed by atoms with Crippen LogP contribution in [-0.4, -0.2) is 37.4 Å². The van der Waals surface area contributed by atoms with Crippen molar-refractivity contribution in [2.75, 3.05) is 32.8 Å². The molecule has 8 heteroatoms. The van der Waals surface area contributed by atoms with Gasteiger partial charge in [-0.3, -0.25) is 0 Å². The molecule has 0 atom stereocenters. The van der Waals surface area contributed by atoms with E-state index in [0.717, 1.165) is 0 Å². The third-order valence-electron chi connectivity index (χ3n) is 3.65. The van der Waals surface area contributed by atoms with Gasteiger partial charge in [0.05, 0.1) is 24.9 Å². The van der Waals surface area contributed by atoms with Gasteiger partial charge in [0.25, 0.3) is 0 Å². The van der Waals surface area contributed by atoms with Crippen LogP contribution in [0.25, 0.3) is 10.9 Å². The minimum absolute atomic E-state index is 0.313. The Labute approximate surface area is 158 Å². The summed E-state index contributed by atoms with van der Waals surface area (Å²) in [6, 6.07) is 8.28. The molecule has 0 bridgehead atoms. The van der Waals surface area contributed by atoms with Crippen molar-refractivity contribution in [2.45, 2.75) is 0 Å². The molecular formula is C18H17BrFN3O3. The molecule has 1 aromatic heterocycles. The fourth-order valence-electron chi connectivity index (χ4n) is 2.39. The van der Waals surface area contributed by atoms with Crippen LogP contribution in [0.2, 0.25) is 0 Å². The summed E-state index contributed by atoms with van der Waals surface area (Å²) in [6.07, 6.45) is 1.41. The van der Waals surface area contributed by atoms with Crippen LogP contribution in [-0.2, 0) is 4.74 Å². The van der Waals surface area contributed by atoms with Gasteiger partial charge in [-0.05, 0) is 24.3 Å². The summed E-state index contributed by atoms with van der Waals surface area (Å²) in [5, 5.41) is 3.69. The molecule has 1 heterocycles. The first-order valence-electron chi connectivity index (χ1n) is 7.79. The molecule has 1 N–H and O–H groups in total. The molecule has 0 fully saturated rings. The maximum atomic E-state index is 14.1. The first kappa shape index (κ1) is 18.3. The quantitative estimate of drug-likeness (QED) is 0.573. The highest BCUT2D eigenvalue weighted by molar-refractivity contribution is 9.10. The average Bonchev–Trinajstić information content (AvgIpc) is 2.64. The number of benzene rings is 2. The van der Waals surface area contributed by atoms with Crippen LogP contribution >= 0.6 is 15.9 Å². The van der Waals surface area contributed by atoms with Gasteiger partial charge in [-0.2, -0.15) is 0 Å². The van der Waals surface area contributed by atoms with Gasteiger partial charge in [-0.15, -0.1) is 0 Å². The molecule has 0 aliphatic carbocycles. The minimum Gasteiger partial charge on any atom is -0.493 e. The Kier molecular flexibility index (Phi) is 5.85. The Bertz CT molecular complexity index is 924. The molecule has 0 saturated carbocycles. The lowest BCUT2D eigenvalue weighted by atomic mass is 10.2. The molecule has 0 radical (unpaired) electrons. The van der Waals surface area contributed by atoms with Gasteiger partial charge >= 0.3 is 0 Å². The van der Waals surface area contributed by atoms with Crippen LogP contribution < -0.4 is 14.8 Å². The van der Waals surface area contributed by atoms with Crippen molar-refractivity contribution in [3.05, 3.63) is 46.9 Å². The van der Waals surface area contributed by atoms with Gasteiger partial charge < -0.3 is 19.5 Å². The first-order chi connectivity index (χ1) is 12.6. The average molecular weight is 422 g/mol. The van der Waals surface area contributed by atoms with Crippen LogP contribution in [0.3, 0.4) is 0 Å². The van der Waals surface area contributed by atoms with Crippen molar-refractivity contribution in [3.8, 4) is 11.5 Å². The van der Waals surface area contributed by atoms with E-state index in [1.54, 1.807) is 38.5 Å². The highest BCUT2D eigenvalue weighted by Gasteiger charge is 2.13. The van der Waals surface area contributed by atoms with Gasteiger partial charge in [0.2, 0.25) is 0 Å². The molecule has 0 unspecified atom stereocenters. The van der Waals surface area contributed by atoms with Crippen LogP contribution in [0.15, 0.2) is 41.1 Å². The van der Waals surface area contributed by atoms with Crippen molar-refractivity contribution in [3.63, 3.8) is 0 Å². The van der Waals surface area contributed by atoms with Crippen LogP contribution in [0.5, 0.6) is 11.5 Å². The Morgan fingerprint density at radius 1 is 1.08 bits per heavy atom. The number of nitrogens with one attached hydrogen (secondary N) is 1. The highest BCUT2D eigenvalue weighted by Crippen LogP contribution is 2.35. The molecule has 0 aliphatic rings. The number of nitrogens with zero attached hydrogens (tertiary/aromatic N) is 2. The normalized spacial score (nSPS) is 10.8. The SMILES string of the molecule is COCCOc1cc2ncnc(Nc3ccc(Br)cc3F)c2cc1OC. The molecule has 0 aliphatic heterocycles. The predicted octanol–water partition coefficient (Wildman–Crippen LogP) is 4.31. The van der Waals surface area contributed by atoms with Crippen LogP contribution in [0, 0.1) is 5.82 Å². The molecular weight excluding hydrogens is 405 g/mol. The van der Waals surface area contributed by atoms with E-state index in [0.29, 0.717) is 51.6 Å². The minimum atomic E-state index is -0.391. The molecule has 3 aromatic rings. The lowest BCUT2D eigenvalue weighted by Gasteiger charge is -2.14. The second-order valence-corrected chi connectivity index (χ2v) is 6.25. The van der Waals surface area contributed by atoms with E-state index in [2.05, 4.69) is 31.2 Å². The number of hydrogen-bond acceptors (Lipinski definition) is 6. The highest BCUT2D eigenvalue weighted by atomic mass is 79.9. The van der Waals surface area contributed by atoms with Crippen molar-refractivity contribution >= 4 is 38.3 Å². The molecule has 0 saturated heterocycles. The zero-order valence-corrected chi connectivity index (χ0v) is 15.8. The fraction of sp³-hybridized carbons (Fsp3) is 0.222. The summed E-state index contributed by atoms with van der Waals surface area (Å²) in [6.45, 7) is 0.847. The van der Waals surface area contributed by atoms with Gasteiger partial charge in [0.15, 0.2) is 11.5 Å². The molecule has 136 valence electrons. The number of methoxy groups -OCH3 is 2. The van der Waals surface area contributed by atoms with E-state index in [4.69, 9.17) is 14.2 Å². The Hall–Kier alpha value is -2.45. The molecule has 0 amide bonds. The molecule has 3 rings (SSSR count). The van der Waals surface area contributed by atoms with E-state index in [1.807, 2.05) is 0 Å².